The molecule has 3 heterocycles. The molecule has 0 aliphatic carbocycles. The average molecular weight is 417 g/mol. The summed E-state index contributed by atoms with van der Waals surface area (Å²) in [5, 5.41) is 11.0. The molecule has 5 aromatic rings. The van der Waals surface area contributed by atoms with Crippen LogP contribution in [0, 0.1) is 0 Å². The van der Waals surface area contributed by atoms with E-state index in [-0.39, 0.29) is 10.8 Å². The molecule has 0 radical (unpaired) electrons. The van der Waals surface area contributed by atoms with Gasteiger partial charge in [0, 0.05) is 11.9 Å². The lowest BCUT2D eigenvalue weighted by molar-refractivity contribution is 0.607. The van der Waals surface area contributed by atoms with E-state index in [4.69, 9.17) is 4.42 Å². The third kappa shape index (κ3) is 3.19. The first kappa shape index (κ1) is 18.6. The molecule has 0 unspecified atom stereocenters. The van der Waals surface area contributed by atoms with Crippen LogP contribution in [-0.2, 0) is 6.54 Å². The fourth-order valence-corrected chi connectivity index (χ4v) is 4.42. The largest absolute Gasteiger partial charge is 0.453 e. The number of para-hydroxylation sites is 2. The van der Waals surface area contributed by atoms with E-state index in [9.17, 15) is 4.79 Å². The smallest absolute Gasteiger partial charge is 0.258 e. The molecule has 0 fully saturated rings. The molecule has 0 amide bonds. The quantitative estimate of drug-likeness (QED) is 0.413. The summed E-state index contributed by atoms with van der Waals surface area (Å²) in [5.74, 6) is 1.98. The molecule has 0 aliphatic heterocycles. The second-order valence-electron chi connectivity index (χ2n) is 6.93. The predicted molar refractivity (Wildman–Crippen MR) is 118 cm³/mol. The van der Waals surface area contributed by atoms with Crippen molar-refractivity contribution < 1.29 is 4.42 Å². The molecule has 30 heavy (non-hydrogen) atoms. The molecule has 8 heteroatoms. The molecule has 3 aromatic heterocycles. The number of aromatic amines is 1. The lowest BCUT2D eigenvalue weighted by atomic mass is 10.2. The SMILES string of the molecule is CCn1c(S[C@H](C)c2nc3ccccc3c(=O)[nH]2)nnc1-c1cc2ccccc2o1. The average Bonchev–Trinajstić information content (AvgIpc) is 3.37. The van der Waals surface area contributed by atoms with Gasteiger partial charge in [-0.1, -0.05) is 42.1 Å². The van der Waals surface area contributed by atoms with Gasteiger partial charge in [0.05, 0.1) is 16.2 Å². The van der Waals surface area contributed by atoms with E-state index in [1.165, 1.54) is 11.8 Å². The molecule has 150 valence electrons. The molecular weight excluding hydrogens is 398 g/mol. The van der Waals surface area contributed by atoms with Crippen LogP contribution in [-0.4, -0.2) is 24.7 Å². The molecular formula is C22H19N5O2S. The van der Waals surface area contributed by atoms with Gasteiger partial charge in [0.15, 0.2) is 10.9 Å². The van der Waals surface area contributed by atoms with E-state index in [0.717, 1.165) is 16.1 Å². The number of nitrogens with zero attached hydrogens (tertiary/aromatic N) is 4. The van der Waals surface area contributed by atoms with Crippen LogP contribution in [0.3, 0.4) is 0 Å². The summed E-state index contributed by atoms with van der Waals surface area (Å²) in [7, 11) is 0. The fourth-order valence-electron chi connectivity index (χ4n) is 3.45. The van der Waals surface area contributed by atoms with Crippen molar-refractivity contribution >= 4 is 33.6 Å². The Labute approximate surface area is 176 Å². The molecule has 0 saturated heterocycles. The zero-order chi connectivity index (χ0) is 20.7. The molecule has 1 N–H and O–H groups in total. The zero-order valence-corrected chi connectivity index (χ0v) is 17.3. The Bertz CT molecular complexity index is 1390. The normalized spacial score (nSPS) is 12.6. The van der Waals surface area contributed by atoms with Gasteiger partial charge in [0.2, 0.25) is 5.82 Å². The van der Waals surface area contributed by atoms with Gasteiger partial charge in [0.1, 0.15) is 11.4 Å². The summed E-state index contributed by atoms with van der Waals surface area (Å²) in [6.45, 7) is 4.73. The molecule has 2 aromatic carbocycles. The number of benzene rings is 2. The van der Waals surface area contributed by atoms with Crippen molar-refractivity contribution in [2.75, 3.05) is 0 Å². The predicted octanol–water partition coefficient (Wildman–Crippen LogP) is 4.80. The summed E-state index contributed by atoms with van der Waals surface area (Å²) in [6.07, 6.45) is 0. The zero-order valence-electron chi connectivity index (χ0n) is 16.5. The Morgan fingerprint density at radius 1 is 1.13 bits per heavy atom. The van der Waals surface area contributed by atoms with Crippen molar-refractivity contribution in [3.05, 3.63) is 70.8 Å². The highest BCUT2D eigenvalue weighted by Gasteiger charge is 2.20. The highest BCUT2D eigenvalue weighted by molar-refractivity contribution is 7.99. The van der Waals surface area contributed by atoms with Gasteiger partial charge >= 0.3 is 0 Å². The highest BCUT2D eigenvalue weighted by Crippen LogP contribution is 2.35. The minimum atomic E-state index is -0.136. The van der Waals surface area contributed by atoms with Crippen molar-refractivity contribution in [2.24, 2.45) is 0 Å². The summed E-state index contributed by atoms with van der Waals surface area (Å²) in [5.41, 5.74) is 1.37. The van der Waals surface area contributed by atoms with Crippen molar-refractivity contribution in [3.63, 3.8) is 0 Å². The van der Waals surface area contributed by atoms with Crippen molar-refractivity contribution in [3.8, 4) is 11.6 Å². The Morgan fingerprint density at radius 3 is 2.77 bits per heavy atom. The number of H-pyrrole nitrogens is 1. The minimum absolute atomic E-state index is 0.111. The van der Waals surface area contributed by atoms with Crippen LogP contribution in [0.4, 0.5) is 0 Å². The lowest BCUT2D eigenvalue weighted by Crippen LogP contribution is -2.13. The van der Waals surface area contributed by atoms with Gasteiger partial charge in [-0.2, -0.15) is 0 Å². The van der Waals surface area contributed by atoms with Gasteiger partial charge in [-0.25, -0.2) is 4.98 Å². The minimum Gasteiger partial charge on any atom is -0.453 e. The number of hydrogen-bond donors (Lipinski definition) is 1. The van der Waals surface area contributed by atoms with E-state index < -0.39 is 0 Å². The number of furan rings is 1. The number of thioether (sulfide) groups is 1. The van der Waals surface area contributed by atoms with E-state index in [1.54, 1.807) is 6.07 Å². The Hall–Kier alpha value is -3.39. The van der Waals surface area contributed by atoms with Crippen LogP contribution >= 0.6 is 11.8 Å². The maximum absolute atomic E-state index is 12.4. The molecule has 0 spiro atoms. The first-order valence-electron chi connectivity index (χ1n) is 9.72. The summed E-state index contributed by atoms with van der Waals surface area (Å²) < 4.78 is 7.98. The second kappa shape index (κ2) is 7.46. The first-order chi connectivity index (χ1) is 14.6. The standard InChI is InChI=1S/C22H19N5O2S/c1-3-27-20(18-12-14-8-4-7-11-17(14)29-18)25-26-22(27)30-13(2)19-23-16-10-6-5-9-15(16)21(28)24-19/h4-13H,3H2,1-2H3,(H,23,24,28)/t13-/m1/s1. The number of aromatic nitrogens is 5. The van der Waals surface area contributed by atoms with Crippen molar-refractivity contribution in [2.45, 2.75) is 30.8 Å². The summed E-state index contributed by atoms with van der Waals surface area (Å²) in [4.78, 5) is 19.9. The van der Waals surface area contributed by atoms with E-state index in [1.807, 2.05) is 66.9 Å². The third-order valence-corrected chi connectivity index (χ3v) is 6.07. The number of hydrogen-bond acceptors (Lipinski definition) is 6. The van der Waals surface area contributed by atoms with Crippen molar-refractivity contribution in [1.29, 1.82) is 0 Å². The van der Waals surface area contributed by atoms with Gasteiger partial charge in [-0.05, 0) is 38.1 Å². The van der Waals surface area contributed by atoms with Gasteiger partial charge in [0.25, 0.3) is 5.56 Å². The molecule has 0 aliphatic rings. The molecule has 5 rings (SSSR count). The van der Waals surface area contributed by atoms with E-state index in [0.29, 0.717) is 34.9 Å². The van der Waals surface area contributed by atoms with E-state index >= 15 is 0 Å². The number of nitrogens with one attached hydrogen (secondary N) is 1. The van der Waals surface area contributed by atoms with Crippen LogP contribution in [0.25, 0.3) is 33.5 Å². The molecule has 7 nitrogen and oxygen atoms in total. The summed E-state index contributed by atoms with van der Waals surface area (Å²) >= 11 is 1.50. The Kier molecular flexibility index (Phi) is 4.63. The van der Waals surface area contributed by atoms with Crippen LogP contribution in [0.2, 0.25) is 0 Å². The lowest BCUT2D eigenvalue weighted by Gasteiger charge is -2.12. The summed E-state index contributed by atoms with van der Waals surface area (Å²) in [6, 6.07) is 17.2. The van der Waals surface area contributed by atoms with Gasteiger partial charge in [-0.15, -0.1) is 10.2 Å². The molecule has 0 bridgehead atoms. The maximum atomic E-state index is 12.4. The number of rotatable bonds is 5. The monoisotopic (exact) mass is 417 g/mol. The fraction of sp³-hybridized carbons (Fsp3) is 0.182. The molecule has 0 saturated carbocycles. The van der Waals surface area contributed by atoms with Crippen LogP contribution in [0.5, 0.6) is 0 Å². The Balaban J connectivity index is 1.48. The number of fused-ring (bicyclic) bond motifs is 2. The second-order valence-corrected chi connectivity index (χ2v) is 8.24. The highest BCUT2D eigenvalue weighted by atomic mass is 32.2. The first-order valence-corrected chi connectivity index (χ1v) is 10.6. The van der Waals surface area contributed by atoms with Crippen LogP contribution in [0.15, 0.2) is 69.0 Å². The maximum Gasteiger partial charge on any atom is 0.258 e. The Morgan fingerprint density at radius 2 is 1.93 bits per heavy atom. The van der Waals surface area contributed by atoms with Crippen LogP contribution < -0.4 is 5.56 Å². The van der Waals surface area contributed by atoms with Crippen LogP contribution in [0.1, 0.15) is 24.9 Å². The molecule has 1 atom stereocenters. The third-order valence-electron chi connectivity index (χ3n) is 4.98. The van der Waals surface area contributed by atoms with E-state index in [2.05, 4.69) is 20.2 Å². The van der Waals surface area contributed by atoms with Crippen molar-refractivity contribution in [1.82, 2.24) is 24.7 Å². The van der Waals surface area contributed by atoms with Gasteiger partial charge < -0.3 is 9.40 Å². The van der Waals surface area contributed by atoms with Gasteiger partial charge in [-0.3, -0.25) is 9.36 Å². The topological polar surface area (TPSA) is 89.6 Å².